The van der Waals surface area contributed by atoms with Crippen molar-refractivity contribution in [1.82, 2.24) is 4.90 Å². The molecule has 2 N–H and O–H groups in total. The van der Waals surface area contributed by atoms with E-state index in [0.29, 0.717) is 16.9 Å². The smallest absolute Gasteiger partial charge is 0.255 e. The number of halogens is 2. The van der Waals surface area contributed by atoms with E-state index in [9.17, 15) is 13.2 Å². The number of likely N-dealkylation sites (tertiary alicyclic amines) is 1. The van der Waals surface area contributed by atoms with Crippen molar-refractivity contribution in [2.45, 2.75) is 31.2 Å². The molecular formula is C13H16BrClN2O3S. The van der Waals surface area contributed by atoms with Crippen LogP contribution in [0.2, 0.25) is 5.02 Å². The van der Waals surface area contributed by atoms with Gasteiger partial charge in [-0.15, -0.1) is 0 Å². The van der Waals surface area contributed by atoms with Crippen molar-refractivity contribution in [2.24, 2.45) is 11.1 Å². The number of hydrogen-bond donors (Lipinski definition) is 1. The van der Waals surface area contributed by atoms with Gasteiger partial charge < -0.3 is 4.90 Å². The Hall–Kier alpha value is -0.630. The number of nitrogens with two attached hydrogens (primary N) is 1. The third kappa shape index (κ3) is 3.41. The van der Waals surface area contributed by atoms with Crippen LogP contribution < -0.4 is 5.14 Å². The summed E-state index contributed by atoms with van der Waals surface area (Å²) in [6, 6.07) is 2.92. The zero-order valence-electron chi connectivity index (χ0n) is 11.6. The quantitative estimate of drug-likeness (QED) is 0.836. The van der Waals surface area contributed by atoms with Gasteiger partial charge in [-0.3, -0.25) is 4.79 Å². The van der Waals surface area contributed by atoms with Gasteiger partial charge in [0.25, 0.3) is 5.91 Å². The molecule has 1 aromatic rings. The Bertz CT molecular complexity index is 693. The normalized spacial score (nSPS) is 22.6. The van der Waals surface area contributed by atoms with E-state index in [-0.39, 0.29) is 27.4 Å². The molecular weight excluding hydrogens is 380 g/mol. The summed E-state index contributed by atoms with van der Waals surface area (Å²) in [4.78, 5) is 14.1. The molecule has 2 atom stereocenters. The first-order chi connectivity index (χ1) is 9.61. The number of carbonyl (C=O) groups excluding carboxylic acids is 1. The van der Waals surface area contributed by atoms with E-state index in [0.717, 1.165) is 6.42 Å². The Morgan fingerprint density at radius 3 is 2.52 bits per heavy atom. The van der Waals surface area contributed by atoms with E-state index in [1.165, 1.54) is 12.1 Å². The van der Waals surface area contributed by atoms with E-state index in [1.807, 2.05) is 6.92 Å². The second kappa shape index (κ2) is 5.87. The van der Waals surface area contributed by atoms with Crippen molar-refractivity contribution < 1.29 is 13.2 Å². The van der Waals surface area contributed by atoms with Gasteiger partial charge >= 0.3 is 0 Å². The largest absolute Gasteiger partial charge is 0.336 e. The van der Waals surface area contributed by atoms with Crippen LogP contribution in [-0.2, 0) is 10.0 Å². The Morgan fingerprint density at radius 2 is 2.05 bits per heavy atom. The fourth-order valence-corrected chi connectivity index (χ4v) is 4.44. The van der Waals surface area contributed by atoms with Crippen molar-refractivity contribution in [1.29, 1.82) is 0 Å². The van der Waals surface area contributed by atoms with Gasteiger partial charge in [-0.2, -0.15) is 0 Å². The predicted octanol–water partition coefficient (Wildman–Crippen LogP) is 2.62. The highest BCUT2D eigenvalue weighted by molar-refractivity contribution is 9.10. The van der Waals surface area contributed by atoms with Crippen LogP contribution in [-0.4, -0.2) is 31.8 Å². The summed E-state index contributed by atoms with van der Waals surface area (Å²) >= 11 is 9.29. The molecule has 1 fully saturated rings. The van der Waals surface area contributed by atoms with E-state index in [1.54, 1.807) is 4.90 Å². The van der Waals surface area contributed by atoms with Crippen LogP contribution in [0.15, 0.2) is 21.5 Å². The van der Waals surface area contributed by atoms with Crippen LogP contribution >= 0.6 is 27.5 Å². The molecule has 0 bridgehead atoms. The molecule has 1 aliphatic heterocycles. The van der Waals surface area contributed by atoms with Gasteiger partial charge in [0, 0.05) is 17.1 Å². The lowest BCUT2D eigenvalue weighted by Gasteiger charge is -2.22. The Kier molecular flexibility index (Phi) is 4.68. The molecule has 1 aromatic carbocycles. The Labute approximate surface area is 137 Å². The van der Waals surface area contributed by atoms with Crippen LogP contribution in [0.1, 0.15) is 30.6 Å². The van der Waals surface area contributed by atoms with E-state index in [4.69, 9.17) is 16.7 Å². The van der Waals surface area contributed by atoms with Gasteiger partial charge in [0.15, 0.2) is 0 Å². The Morgan fingerprint density at radius 1 is 1.43 bits per heavy atom. The van der Waals surface area contributed by atoms with Crippen molar-refractivity contribution in [3.05, 3.63) is 27.2 Å². The van der Waals surface area contributed by atoms with E-state index >= 15 is 0 Å². The van der Waals surface area contributed by atoms with Crippen molar-refractivity contribution in [3.63, 3.8) is 0 Å². The van der Waals surface area contributed by atoms with Gasteiger partial charge in [0.2, 0.25) is 10.0 Å². The number of amides is 1. The highest BCUT2D eigenvalue weighted by Crippen LogP contribution is 2.32. The standard InChI is InChI=1S/C13H16BrClN2O3S/c1-7-3-8(2)17(6-7)13(18)10-4-9(14)5-11(12(10)15)21(16,19)20/h4-5,7-8H,3,6H2,1-2H3,(H2,16,19,20). The molecule has 1 aliphatic rings. The van der Waals surface area contributed by atoms with Crippen LogP contribution in [0.25, 0.3) is 0 Å². The molecule has 0 radical (unpaired) electrons. The van der Waals surface area contributed by atoms with Crippen LogP contribution in [0.5, 0.6) is 0 Å². The molecule has 2 unspecified atom stereocenters. The van der Waals surface area contributed by atoms with Gasteiger partial charge in [-0.25, -0.2) is 13.6 Å². The average molecular weight is 396 g/mol. The van der Waals surface area contributed by atoms with Crippen LogP contribution in [0.3, 0.4) is 0 Å². The van der Waals surface area contributed by atoms with E-state index < -0.39 is 10.0 Å². The third-order valence-electron chi connectivity index (χ3n) is 3.59. The zero-order chi connectivity index (χ0) is 15.9. The highest BCUT2D eigenvalue weighted by atomic mass is 79.9. The minimum absolute atomic E-state index is 0.0977. The van der Waals surface area contributed by atoms with Crippen molar-refractivity contribution >= 4 is 43.5 Å². The molecule has 0 aromatic heterocycles. The van der Waals surface area contributed by atoms with Gasteiger partial charge in [-0.05, 0) is 31.4 Å². The van der Waals surface area contributed by atoms with Gasteiger partial charge in [0.05, 0.1) is 10.6 Å². The van der Waals surface area contributed by atoms with Crippen LogP contribution in [0, 0.1) is 5.92 Å². The summed E-state index contributed by atoms with van der Waals surface area (Å²) in [6.07, 6.45) is 0.916. The molecule has 1 saturated heterocycles. The SMILES string of the molecule is CC1CC(C)N(C(=O)c2cc(Br)cc(S(N)(=O)=O)c2Cl)C1. The maximum atomic E-state index is 12.6. The predicted molar refractivity (Wildman–Crippen MR) is 84.8 cm³/mol. The first kappa shape index (κ1) is 16.7. The van der Waals surface area contributed by atoms with Crippen LogP contribution in [0.4, 0.5) is 0 Å². The maximum Gasteiger partial charge on any atom is 0.255 e. The number of carbonyl (C=O) groups is 1. The number of nitrogens with zero attached hydrogens (tertiary/aromatic N) is 1. The molecule has 1 heterocycles. The number of primary sulfonamides is 1. The topological polar surface area (TPSA) is 80.5 Å². The van der Waals surface area contributed by atoms with Crippen molar-refractivity contribution in [2.75, 3.05) is 6.54 Å². The van der Waals surface area contributed by atoms with Crippen molar-refractivity contribution in [3.8, 4) is 0 Å². The van der Waals surface area contributed by atoms with Gasteiger partial charge in [0.1, 0.15) is 4.90 Å². The second-order valence-corrected chi connectivity index (χ2v) is 8.28. The molecule has 1 amide bonds. The monoisotopic (exact) mass is 394 g/mol. The molecule has 0 spiro atoms. The maximum absolute atomic E-state index is 12.6. The average Bonchev–Trinajstić information content (AvgIpc) is 2.68. The lowest BCUT2D eigenvalue weighted by atomic mass is 10.1. The molecule has 116 valence electrons. The minimum atomic E-state index is -3.99. The lowest BCUT2D eigenvalue weighted by Crippen LogP contribution is -2.34. The number of benzene rings is 1. The summed E-state index contributed by atoms with van der Waals surface area (Å²) in [7, 11) is -3.99. The molecule has 8 heteroatoms. The summed E-state index contributed by atoms with van der Waals surface area (Å²) < 4.78 is 23.6. The summed E-state index contributed by atoms with van der Waals surface area (Å²) in [5, 5.41) is 5.01. The number of rotatable bonds is 2. The summed E-state index contributed by atoms with van der Waals surface area (Å²) in [6.45, 7) is 4.67. The van der Waals surface area contributed by atoms with E-state index in [2.05, 4.69) is 22.9 Å². The molecule has 2 rings (SSSR count). The first-order valence-electron chi connectivity index (χ1n) is 6.44. The number of sulfonamides is 1. The molecule has 5 nitrogen and oxygen atoms in total. The Balaban J connectivity index is 2.50. The zero-order valence-corrected chi connectivity index (χ0v) is 14.8. The summed E-state index contributed by atoms with van der Waals surface area (Å²) in [5.41, 5.74) is 0.149. The molecule has 0 aliphatic carbocycles. The molecule has 21 heavy (non-hydrogen) atoms. The summed E-state index contributed by atoms with van der Waals surface area (Å²) in [5.74, 6) is 0.135. The fourth-order valence-electron chi connectivity index (χ4n) is 2.66. The highest BCUT2D eigenvalue weighted by Gasteiger charge is 2.32. The second-order valence-electron chi connectivity index (χ2n) is 5.46. The first-order valence-corrected chi connectivity index (χ1v) is 9.15. The minimum Gasteiger partial charge on any atom is -0.336 e. The lowest BCUT2D eigenvalue weighted by molar-refractivity contribution is 0.0743. The number of hydrogen-bond acceptors (Lipinski definition) is 3. The fraction of sp³-hybridized carbons (Fsp3) is 0.462. The third-order valence-corrected chi connectivity index (χ3v) is 5.50. The van der Waals surface area contributed by atoms with Gasteiger partial charge in [-0.1, -0.05) is 34.5 Å². The molecule has 0 saturated carbocycles.